The van der Waals surface area contributed by atoms with Crippen molar-refractivity contribution in [2.24, 2.45) is 0 Å². The number of aryl methyl sites for hydroxylation is 1. The lowest BCUT2D eigenvalue weighted by molar-refractivity contribution is 0.101. The molecule has 0 atom stereocenters. The van der Waals surface area contributed by atoms with Crippen molar-refractivity contribution in [2.45, 2.75) is 13.8 Å². The zero-order chi connectivity index (χ0) is 18.7. The van der Waals surface area contributed by atoms with Crippen molar-refractivity contribution < 1.29 is 14.3 Å². The summed E-state index contributed by atoms with van der Waals surface area (Å²) in [5.74, 6) is 4.08. The Bertz CT molecular complexity index is 828. The lowest BCUT2D eigenvalue weighted by Crippen LogP contribution is -2.34. The molecule has 2 heterocycles. The minimum absolute atomic E-state index is 0.0585. The summed E-state index contributed by atoms with van der Waals surface area (Å²) in [5.41, 5.74) is 0.527. The van der Waals surface area contributed by atoms with E-state index in [1.807, 2.05) is 18.7 Å². The van der Waals surface area contributed by atoms with E-state index < -0.39 is 0 Å². The Kier molecular flexibility index (Phi) is 5.98. The molecule has 1 aromatic carbocycles. The third kappa shape index (κ3) is 4.27. The first-order valence-electron chi connectivity index (χ1n) is 8.09. The van der Waals surface area contributed by atoms with Gasteiger partial charge in [-0.05, 0) is 41.9 Å². The highest BCUT2D eigenvalue weighted by molar-refractivity contribution is 9.10. The SMILES string of the molecule is COc1cc(C(C)=O)cc(Br)c1Oc1nc(C)nc(N2CCSCC2)n1. The van der Waals surface area contributed by atoms with Crippen LogP contribution in [0.2, 0.25) is 0 Å². The first-order valence-corrected chi connectivity index (χ1v) is 10.0. The Balaban J connectivity index is 1.93. The molecular weight excluding hydrogens is 420 g/mol. The van der Waals surface area contributed by atoms with Crippen LogP contribution in [0.4, 0.5) is 5.95 Å². The molecule has 0 amide bonds. The van der Waals surface area contributed by atoms with Gasteiger partial charge in [0.1, 0.15) is 5.82 Å². The normalized spacial score (nSPS) is 14.2. The summed E-state index contributed by atoms with van der Waals surface area (Å²) >= 11 is 5.36. The van der Waals surface area contributed by atoms with E-state index in [-0.39, 0.29) is 11.8 Å². The Morgan fingerprint density at radius 2 is 1.96 bits per heavy atom. The Morgan fingerprint density at radius 3 is 2.62 bits per heavy atom. The number of aromatic nitrogens is 3. The maximum absolute atomic E-state index is 11.6. The average molecular weight is 439 g/mol. The van der Waals surface area contributed by atoms with Crippen molar-refractivity contribution in [1.82, 2.24) is 15.0 Å². The minimum Gasteiger partial charge on any atom is -0.493 e. The number of carbonyl (C=O) groups excluding carboxylic acids is 1. The van der Waals surface area contributed by atoms with E-state index in [0.717, 1.165) is 24.6 Å². The van der Waals surface area contributed by atoms with Crippen LogP contribution in [0.3, 0.4) is 0 Å². The molecule has 1 fully saturated rings. The number of thioether (sulfide) groups is 1. The van der Waals surface area contributed by atoms with E-state index in [2.05, 4.69) is 35.8 Å². The number of ketones is 1. The summed E-state index contributed by atoms with van der Waals surface area (Å²) in [4.78, 5) is 26.9. The highest BCUT2D eigenvalue weighted by atomic mass is 79.9. The van der Waals surface area contributed by atoms with Gasteiger partial charge >= 0.3 is 6.01 Å². The smallest absolute Gasteiger partial charge is 0.327 e. The van der Waals surface area contributed by atoms with Crippen molar-refractivity contribution in [3.05, 3.63) is 28.0 Å². The summed E-state index contributed by atoms with van der Waals surface area (Å²) in [6.07, 6.45) is 0. The van der Waals surface area contributed by atoms with Crippen molar-refractivity contribution in [2.75, 3.05) is 36.6 Å². The number of benzene rings is 1. The van der Waals surface area contributed by atoms with Gasteiger partial charge < -0.3 is 14.4 Å². The van der Waals surface area contributed by atoms with Gasteiger partial charge in [-0.1, -0.05) is 0 Å². The highest BCUT2D eigenvalue weighted by Crippen LogP contribution is 2.39. The molecule has 0 N–H and O–H groups in total. The predicted molar refractivity (Wildman–Crippen MR) is 105 cm³/mol. The van der Waals surface area contributed by atoms with Gasteiger partial charge in [0.15, 0.2) is 17.3 Å². The van der Waals surface area contributed by atoms with Gasteiger partial charge in [-0.2, -0.15) is 26.7 Å². The number of methoxy groups -OCH3 is 1. The van der Waals surface area contributed by atoms with Gasteiger partial charge in [0.2, 0.25) is 5.95 Å². The molecular formula is C17H19BrN4O3S. The molecule has 0 bridgehead atoms. The summed E-state index contributed by atoms with van der Waals surface area (Å²) in [6, 6.07) is 3.52. The molecule has 1 aliphatic heterocycles. The topological polar surface area (TPSA) is 77.4 Å². The second-order valence-electron chi connectivity index (χ2n) is 5.71. The number of anilines is 1. The summed E-state index contributed by atoms with van der Waals surface area (Å²) < 4.78 is 11.9. The monoisotopic (exact) mass is 438 g/mol. The van der Waals surface area contributed by atoms with Gasteiger partial charge in [-0.3, -0.25) is 4.79 Å². The maximum atomic E-state index is 11.6. The zero-order valence-corrected chi connectivity index (χ0v) is 17.2. The van der Waals surface area contributed by atoms with E-state index in [1.54, 1.807) is 12.1 Å². The minimum atomic E-state index is -0.0585. The molecule has 1 aliphatic rings. The zero-order valence-electron chi connectivity index (χ0n) is 14.8. The van der Waals surface area contributed by atoms with E-state index in [4.69, 9.17) is 9.47 Å². The van der Waals surface area contributed by atoms with Gasteiger partial charge in [-0.15, -0.1) is 0 Å². The average Bonchev–Trinajstić information content (AvgIpc) is 2.63. The standard InChI is InChI=1S/C17H19BrN4O3S/c1-10(23)12-8-13(18)15(14(9-12)24-3)25-17-20-11(2)19-16(21-17)22-4-6-26-7-5-22/h8-9H,4-7H2,1-3H3. The summed E-state index contributed by atoms with van der Waals surface area (Å²) in [5, 5.41) is 0. The van der Waals surface area contributed by atoms with Gasteiger partial charge in [0.25, 0.3) is 0 Å². The third-order valence-electron chi connectivity index (χ3n) is 3.84. The molecule has 138 valence electrons. The van der Waals surface area contributed by atoms with E-state index >= 15 is 0 Å². The quantitative estimate of drug-likeness (QED) is 0.656. The molecule has 0 spiro atoms. The number of hydrogen-bond donors (Lipinski definition) is 0. The number of hydrogen-bond acceptors (Lipinski definition) is 8. The van der Waals surface area contributed by atoms with Crippen LogP contribution in [0.5, 0.6) is 17.5 Å². The molecule has 26 heavy (non-hydrogen) atoms. The molecule has 1 aromatic heterocycles. The molecule has 0 radical (unpaired) electrons. The Labute approximate surface area is 164 Å². The largest absolute Gasteiger partial charge is 0.493 e. The third-order valence-corrected chi connectivity index (χ3v) is 5.37. The fourth-order valence-corrected chi connectivity index (χ4v) is 3.93. The number of ether oxygens (including phenoxy) is 2. The molecule has 0 unspecified atom stereocenters. The molecule has 7 nitrogen and oxygen atoms in total. The fourth-order valence-electron chi connectivity index (χ4n) is 2.51. The fraction of sp³-hybridized carbons (Fsp3) is 0.412. The molecule has 0 aliphatic carbocycles. The van der Waals surface area contributed by atoms with Crippen LogP contribution >= 0.6 is 27.7 Å². The van der Waals surface area contributed by atoms with Crippen LogP contribution in [-0.2, 0) is 0 Å². The predicted octanol–water partition coefficient (Wildman–Crippen LogP) is 3.50. The number of halogens is 1. The van der Waals surface area contributed by atoms with Crippen LogP contribution in [0, 0.1) is 6.92 Å². The highest BCUT2D eigenvalue weighted by Gasteiger charge is 2.19. The Morgan fingerprint density at radius 1 is 1.23 bits per heavy atom. The van der Waals surface area contributed by atoms with Crippen molar-refractivity contribution in [3.63, 3.8) is 0 Å². The number of rotatable bonds is 5. The van der Waals surface area contributed by atoms with E-state index in [1.165, 1.54) is 14.0 Å². The lowest BCUT2D eigenvalue weighted by atomic mass is 10.1. The Hall–Kier alpha value is -1.87. The summed E-state index contributed by atoms with van der Waals surface area (Å²) in [6.45, 7) is 5.10. The first-order chi connectivity index (χ1) is 12.5. The summed E-state index contributed by atoms with van der Waals surface area (Å²) in [7, 11) is 1.52. The first kappa shape index (κ1) is 18.9. The number of nitrogens with zero attached hydrogens (tertiary/aromatic N) is 4. The molecule has 2 aromatic rings. The molecule has 1 saturated heterocycles. The van der Waals surface area contributed by atoms with Crippen molar-refractivity contribution in [1.29, 1.82) is 0 Å². The van der Waals surface area contributed by atoms with Crippen molar-refractivity contribution in [3.8, 4) is 17.5 Å². The second kappa shape index (κ2) is 8.22. The van der Waals surface area contributed by atoms with Gasteiger partial charge in [-0.25, -0.2) is 0 Å². The molecule has 0 saturated carbocycles. The van der Waals surface area contributed by atoms with Crippen LogP contribution in [0.1, 0.15) is 23.1 Å². The lowest BCUT2D eigenvalue weighted by Gasteiger charge is -2.26. The molecule has 9 heteroatoms. The molecule has 3 rings (SSSR count). The van der Waals surface area contributed by atoms with Crippen LogP contribution < -0.4 is 14.4 Å². The van der Waals surface area contributed by atoms with Crippen LogP contribution in [-0.4, -0.2) is 52.4 Å². The second-order valence-corrected chi connectivity index (χ2v) is 7.79. The number of carbonyl (C=O) groups is 1. The van der Waals surface area contributed by atoms with Crippen LogP contribution in [0.25, 0.3) is 0 Å². The maximum Gasteiger partial charge on any atom is 0.327 e. The van der Waals surface area contributed by atoms with Crippen molar-refractivity contribution >= 4 is 39.4 Å². The van der Waals surface area contributed by atoms with Gasteiger partial charge in [0.05, 0.1) is 11.6 Å². The van der Waals surface area contributed by atoms with E-state index in [0.29, 0.717) is 33.3 Å². The van der Waals surface area contributed by atoms with Crippen LogP contribution in [0.15, 0.2) is 16.6 Å². The number of Topliss-reactive ketones (excluding diaryl/α,β-unsaturated/α-hetero) is 1. The van der Waals surface area contributed by atoms with Gasteiger partial charge in [0, 0.05) is 30.2 Å². The van der Waals surface area contributed by atoms with E-state index in [9.17, 15) is 4.79 Å².